The molecule has 2 N–H and O–H groups in total. The average Bonchev–Trinajstić information content (AvgIpc) is 2.93. The number of nitrogen functional groups attached to an aromatic ring is 1. The molecule has 0 aliphatic rings. The molecule has 7 heteroatoms. The minimum absolute atomic E-state index is 0.210. The quantitative estimate of drug-likeness (QED) is 0.765. The molecule has 0 amide bonds. The second kappa shape index (κ2) is 6.70. The standard InChI is InChI=1S/C17H19FN4OS/c1-10-21-15-16(13(19)8-20-17(15)24-10)22(2)9-14(23-3)11-4-6-12(18)7-5-11/h4-8,14H,9,19H2,1-3H3. The predicted octanol–water partition coefficient (Wildman–Crippen LogP) is 3.54. The van der Waals surface area contributed by atoms with Gasteiger partial charge in [-0.1, -0.05) is 23.5 Å². The predicted molar refractivity (Wildman–Crippen MR) is 96.0 cm³/mol. The summed E-state index contributed by atoms with van der Waals surface area (Å²) in [5, 5.41) is 0.944. The Hall–Kier alpha value is -2.25. The number of nitrogens with two attached hydrogens (primary N) is 1. The van der Waals surface area contributed by atoms with Crippen LogP contribution in [0.2, 0.25) is 0 Å². The van der Waals surface area contributed by atoms with Crippen LogP contribution in [-0.2, 0) is 4.74 Å². The van der Waals surface area contributed by atoms with Gasteiger partial charge in [0.25, 0.3) is 0 Å². The van der Waals surface area contributed by atoms with Gasteiger partial charge in [-0.25, -0.2) is 14.4 Å². The largest absolute Gasteiger partial charge is 0.396 e. The van der Waals surface area contributed by atoms with Crippen LogP contribution in [0.25, 0.3) is 10.3 Å². The van der Waals surface area contributed by atoms with E-state index in [-0.39, 0.29) is 11.9 Å². The van der Waals surface area contributed by atoms with Gasteiger partial charge in [0.05, 0.1) is 28.7 Å². The van der Waals surface area contributed by atoms with Crippen LogP contribution in [0.15, 0.2) is 30.5 Å². The Balaban J connectivity index is 1.92. The van der Waals surface area contributed by atoms with Crippen LogP contribution in [0.1, 0.15) is 16.7 Å². The van der Waals surface area contributed by atoms with Crippen LogP contribution >= 0.6 is 11.3 Å². The molecule has 0 spiro atoms. The van der Waals surface area contributed by atoms with Crippen LogP contribution < -0.4 is 10.6 Å². The summed E-state index contributed by atoms with van der Waals surface area (Å²) in [4.78, 5) is 11.8. The Morgan fingerprint density at radius 3 is 2.71 bits per heavy atom. The molecule has 0 radical (unpaired) electrons. The first-order chi connectivity index (χ1) is 11.5. The molecule has 2 heterocycles. The van der Waals surface area contributed by atoms with Crippen molar-refractivity contribution in [2.75, 3.05) is 31.3 Å². The summed E-state index contributed by atoms with van der Waals surface area (Å²) < 4.78 is 18.7. The van der Waals surface area contributed by atoms with Gasteiger partial charge < -0.3 is 15.4 Å². The van der Waals surface area contributed by atoms with Crippen LogP contribution in [0, 0.1) is 12.7 Å². The summed E-state index contributed by atoms with van der Waals surface area (Å²) in [5.74, 6) is -0.264. The maximum atomic E-state index is 13.1. The van der Waals surface area contributed by atoms with Crippen molar-refractivity contribution in [2.24, 2.45) is 0 Å². The van der Waals surface area contributed by atoms with Crippen LogP contribution in [0.5, 0.6) is 0 Å². The second-order valence-corrected chi connectivity index (χ2v) is 6.79. The first-order valence-electron chi connectivity index (χ1n) is 7.50. The summed E-state index contributed by atoms with van der Waals surface area (Å²) in [7, 11) is 3.58. The zero-order chi connectivity index (χ0) is 17.3. The number of aromatic nitrogens is 2. The van der Waals surface area contributed by atoms with Crippen molar-refractivity contribution in [3.63, 3.8) is 0 Å². The topological polar surface area (TPSA) is 64.3 Å². The minimum Gasteiger partial charge on any atom is -0.396 e. The number of rotatable bonds is 5. The molecule has 0 fully saturated rings. The summed E-state index contributed by atoms with van der Waals surface area (Å²) in [6.07, 6.45) is 1.45. The van der Waals surface area contributed by atoms with Gasteiger partial charge in [-0.3, -0.25) is 0 Å². The molecule has 2 aromatic heterocycles. The first-order valence-corrected chi connectivity index (χ1v) is 8.32. The molecule has 126 valence electrons. The highest BCUT2D eigenvalue weighted by Crippen LogP contribution is 2.34. The van der Waals surface area contributed by atoms with Gasteiger partial charge in [0.2, 0.25) is 0 Å². The van der Waals surface area contributed by atoms with E-state index in [9.17, 15) is 4.39 Å². The fraction of sp³-hybridized carbons (Fsp3) is 0.294. The smallest absolute Gasteiger partial charge is 0.145 e. The van der Waals surface area contributed by atoms with Crippen molar-refractivity contribution < 1.29 is 9.13 Å². The number of hydrogen-bond acceptors (Lipinski definition) is 6. The number of anilines is 2. The van der Waals surface area contributed by atoms with E-state index in [0.29, 0.717) is 12.2 Å². The number of methoxy groups -OCH3 is 1. The van der Waals surface area contributed by atoms with E-state index in [1.54, 1.807) is 25.4 Å². The van der Waals surface area contributed by atoms with E-state index in [0.717, 1.165) is 26.6 Å². The monoisotopic (exact) mass is 346 g/mol. The third-order valence-electron chi connectivity index (χ3n) is 3.88. The van der Waals surface area contributed by atoms with Gasteiger partial charge >= 0.3 is 0 Å². The Kier molecular flexibility index (Phi) is 4.64. The molecule has 0 aliphatic heterocycles. The highest BCUT2D eigenvalue weighted by molar-refractivity contribution is 7.18. The molecule has 1 unspecified atom stereocenters. The first kappa shape index (κ1) is 16.6. The van der Waals surface area contributed by atoms with Crippen molar-refractivity contribution in [3.05, 3.63) is 46.9 Å². The molecular weight excluding hydrogens is 327 g/mol. The van der Waals surface area contributed by atoms with E-state index in [1.807, 2.05) is 18.9 Å². The van der Waals surface area contributed by atoms with Crippen LogP contribution in [-0.4, -0.2) is 30.7 Å². The van der Waals surface area contributed by atoms with E-state index >= 15 is 0 Å². The lowest BCUT2D eigenvalue weighted by molar-refractivity contribution is 0.109. The van der Waals surface area contributed by atoms with Crippen molar-refractivity contribution in [2.45, 2.75) is 13.0 Å². The van der Waals surface area contributed by atoms with Crippen molar-refractivity contribution in [1.82, 2.24) is 9.97 Å². The second-order valence-electron chi connectivity index (χ2n) is 5.61. The fourth-order valence-electron chi connectivity index (χ4n) is 2.72. The maximum Gasteiger partial charge on any atom is 0.145 e. The van der Waals surface area contributed by atoms with Crippen molar-refractivity contribution in [3.8, 4) is 0 Å². The summed E-state index contributed by atoms with van der Waals surface area (Å²) >= 11 is 1.54. The summed E-state index contributed by atoms with van der Waals surface area (Å²) in [6.45, 7) is 2.50. The van der Waals surface area contributed by atoms with Crippen LogP contribution in [0.3, 0.4) is 0 Å². The number of pyridine rings is 1. The number of likely N-dealkylation sites (N-methyl/N-ethyl adjacent to an activating group) is 1. The van der Waals surface area contributed by atoms with Gasteiger partial charge in [-0.05, 0) is 24.6 Å². The Bertz CT molecular complexity index is 850. The van der Waals surface area contributed by atoms with Gasteiger partial charge in [-0.2, -0.15) is 0 Å². The number of thiazole rings is 1. The normalized spacial score (nSPS) is 12.5. The van der Waals surface area contributed by atoms with Crippen molar-refractivity contribution in [1.29, 1.82) is 0 Å². The maximum absolute atomic E-state index is 13.1. The zero-order valence-electron chi connectivity index (χ0n) is 13.8. The van der Waals surface area contributed by atoms with Gasteiger partial charge in [0.1, 0.15) is 16.2 Å². The molecule has 3 rings (SSSR count). The number of hydrogen-bond donors (Lipinski definition) is 1. The minimum atomic E-state index is -0.264. The van der Waals surface area contributed by atoms with E-state index in [2.05, 4.69) is 9.97 Å². The van der Waals surface area contributed by atoms with Crippen LogP contribution in [0.4, 0.5) is 15.8 Å². The molecule has 0 aliphatic carbocycles. The Morgan fingerprint density at radius 2 is 2.04 bits per heavy atom. The van der Waals surface area contributed by atoms with Crippen molar-refractivity contribution >= 4 is 33.1 Å². The number of aryl methyl sites for hydroxylation is 1. The molecule has 24 heavy (non-hydrogen) atoms. The van der Waals surface area contributed by atoms with Gasteiger partial charge in [-0.15, -0.1) is 0 Å². The lowest BCUT2D eigenvalue weighted by atomic mass is 10.1. The van der Waals surface area contributed by atoms with Gasteiger partial charge in [0.15, 0.2) is 0 Å². The fourth-order valence-corrected chi connectivity index (χ4v) is 3.48. The number of benzene rings is 1. The number of ether oxygens (including phenoxy) is 1. The number of fused-ring (bicyclic) bond motifs is 1. The van der Waals surface area contributed by atoms with E-state index < -0.39 is 0 Å². The highest BCUT2D eigenvalue weighted by atomic mass is 32.1. The lowest BCUT2D eigenvalue weighted by Gasteiger charge is -2.26. The van der Waals surface area contributed by atoms with E-state index in [1.165, 1.54) is 23.5 Å². The molecule has 0 saturated carbocycles. The molecule has 0 saturated heterocycles. The molecule has 3 aromatic rings. The molecule has 1 atom stereocenters. The number of halogens is 1. The van der Waals surface area contributed by atoms with Gasteiger partial charge in [0, 0.05) is 20.7 Å². The zero-order valence-corrected chi connectivity index (χ0v) is 14.6. The SMILES string of the molecule is COC(CN(C)c1c(N)cnc2sc(C)nc12)c1ccc(F)cc1. The van der Waals surface area contributed by atoms with E-state index in [4.69, 9.17) is 10.5 Å². The Morgan fingerprint density at radius 1 is 1.33 bits per heavy atom. The summed E-state index contributed by atoms with van der Waals surface area (Å²) in [5.41, 5.74) is 9.26. The molecule has 5 nitrogen and oxygen atoms in total. The summed E-state index contributed by atoms with van der Waals surface area (Å²) in [6, 6.07) is 6.33. The number of nitrogens with zero attached hydrogens (tertiary/aromatic N) is 3. The Labute approximate surface area is 143 Å². The third-order valence-corrected chi connectivity index (χ3v) is 4.76. The highest BCUT2D eigenvalue weighted by Gasteiger charge is 2.19. The molecule has 1 aromatic carbocycles. The third kappa shape index (κ3) is 3.18. The molecule has 0 bridgehead atoms. The molecular formula is C17H19FN4OS. The lowest BCUT2D eigenvalue weighted by Crippen LogP contribution is -2.26. The average molecular weight is 346 g/mol.